The summed E-state index contributed by atoms with van der Waals surface area (Å²) in [6, 6.07) is 0.0539. The summed E-state index contributed by atoms with van der Waals surface area (Å²) in [5, 5.41) is 3.06. The van der Waals surface area contributed by atoms with Gasteiger partial charge in [0.1, 0.15) is 6.33 Å². The fraction of sp³-hybridized carbons (Fsp3) is 0.615. The van der Waals surface area contributed by atoms with E-state index >= 15 is 0 Å². The molecule has 2 atom stereocenters. The van der Waals surface area contributed by atoms with E-state index in [-0.39, 0.29) is 23.7 Å². The van der Waals surface area contributed by atoms with E-state index in [1.54, 1.807) is 0 Å². The Hall–Kier alpha value is -1.72. The van der Waals surface area contributed by atoms with Crippen LogP contribution in [-0.4, -0.2) is 29.1 Å². The number of rotatable bonds is 4. The number of aryl methyl sites for hydroxylation is 1. The number of ether oxygens (including phenoxy) is 1. The number of carbonyl (C=O) groups excluding carboxylic acids is 1. The summed E-state index contributed by atoms with van der Waals surface area (Å²) in [4.78, 5) is 19.2. The summed E-state index contributed by atoms with van der Waals surface area (Å²) in [5.41, 5.74) is 0.403. The van der Waals surface area contributed by atoms with Crippen LogP contribution < -0.4 is 5.32 Å². The van der Waals surface area contributed by atoms with Gasteiger partial charge in [0.15, 0.2) is 11.6 Å². The van der Waals surface area contributed by atoms with Gasteiger partial charge in [0.05, 0.1) is 18.7 Å². The number of esters is 1. The summed E-state index contributed by atoms with van der Waals surface area (Å²) in [7, 11) is 1.39. The molecule has 0 unspecified atom stereocenters. The highest BCUT2D eigenvalue weighted by molar-refractivity contribution is 5.72. The third kappa shape index (κ3) is 3.00. The van der Waals surface area contributed by atoms with Crippen LogP contribution in [0.2, 0.25) is 0 Å². The van der Waals surface area contributed by atoms with E-state index in [1.165, 1.54) is 13.4 Å². The van der Waals surface area contributed by atoms with Crippen LogP contribution in [-0.2, 0) is 16.0 Å². The van der Waals surface area contributed by atoms with Crippen molar-refractivity contribution in [3.05, 3.63) is 17.8 Å². The van der Waals surface area contributed by atoms with E-state index in [9.17, 15) is 9.18 Å². The second-order valence-corrected chi connectivity index (χ2v) is 4.71. The zero-order valence-electron chi connectivity index (χ0n) is 11.1. The monoisotopic (exact) mass is 267 g/mol. The van der Waals surface area contributed by atoms with Gasteiger partial charge in [0, 0.05) is 6.04 Å². The fourth-order valence-electron chi connectivity index (χ4n) is 2.44. The smallest absolute Gasteiger partial charge is 0.308 e. The maximum atomic E-state index is 14.0. The van der Waals surface area contributed by atoms with Crippen LogP contribution >= 0.6 is 0 Å². The van der Waals surface area contributed by atoms with E-state index in [0.717, 1.165) is 12.8 Å². The van der Waals surface area contributed by atoms with E-state index in [1.807, 2.05) is 6.92 Å². The normalized spacial score (nSPS) is 22.3. The Balaban J connectivity index is 2.01. The van der Waals surface area contributed by atoms with Crippen molar-refractivity contribution in [3.63, 3.8) is 0 Å². The maximum Gasteiger partial charge on any atom is 0.308 e. The molecule has 1 saturated carbocycles. The van der Waals surface area contributed by atoms with Gasteiger partial charge in [0.25, 0.3) is 0 Å². The molecule has 0 spiro atoms. The molecule has 0 radical (unpaired) electrons. The SMILES string of the molecule is CCc1ncnc(N[C@@H]2CC[C@H](C(=O)OC)C2)c1F. The van der Waals surface area contributed by atoms with Crippen molar-refractivity contribution in [2.45, 2.75) is 38.6 Å². The maximum absolute atomic E-state index is 14.0. The first-order chi connectivity index (χ1) is 9.15. The Kier molecular flexibility index (Phi) is 4.29. The molecule has 0 aromatic carbocycles. The van der Waals surface area contributed by atoms with Crippen LogP contribution in [0.25, 0.3) is 0 Å². The zero-order chi connectivity index (χ0) is 13.8. The van der Waals surface area contributed by atoms with Gasteiger partial charge >= 0.3 is 5.97 Å². The molecule has 0 bridgehead atoms. The van der Waals surface area contributed by atoms with E-state index < -0.39 is 5.82 Å². The third-order valence-corrected chi connectivity index (χ3v) is 3.50. The van der Waals surface area contributed by atoms with Gasteiger partial charge in [-0.1, -0.05) is 6.92 Å². The second kappa shape index (κ2) is 5.95. The third-order valence-electron chi connectivity index (χ3n) is 3.50. The molecular weight excluding hydrogens is 249 g/mol. The van der Waals surface area contributed by atoms with Crippen molar-refractivity contribution >= 4 is 11.8 Å². The van der Waals surface area contributed by atoms with Crippen LogP contribution in [0, 0.1) is 11.7 Å². The van der Waals surface area contributed by atoms with E-state index in [4.69, 9.17) is 4.74 Å². The Morgan fingerprint density at radius 3 is 3.00 bits per heavy atom. The van der Waals surface area contributed by atoms with Crippen molar-refractivity contribution in [3.8, 4) is 0 Å². The lowest BCUT2D eigenvalue weighted by Gasteiger charge is -2.14. The molecule has 6 heteroatoms. The molecule has 1 N–H and O–H groups in total. The lowest BCUT2D eigenvalue weighted by Crippen LogP contribution is -2.20. The van der Waals surface area contributed by atoms with Crippen molar-refractivity contribution in [2.24, 2.45) is 5.92 Å². The molecule has 1 heterocycles. The van der Waals surface area contributed by atoms with E-state index in [2.05, 4.69) is 15.3 Å². The molecule has 0 aliphatic heterocycles. The first-order valence-electron chi connectivity index (χ1n) is 6.49. The highest BCUT2D eigenvalue weighted by Gasteiger charge is 2.31. The van der Waals surface area contributed by atoms with Gasteiger partial charge < -0.3 is 10.1 Å². The Morgan fingerprint density at radius 1 is 1.53 bits per heavy atom. The van der Waals surface area contributed by atoms with Gasteiger partial charge in [-0.25, -0.2) is 14.4 Å². The van der Waals surface area contributed by atoms with E-state index in [0.29, 0.717) is 18.5 Å². The number of anilines is 1. The number of methoxy groups -OCH3 is 1. The molecule has 2 rings (SSSR count). The zero-order valence-corrected chi connectivity index (χ0v) is 11.1. The summed E-state index contributed by atoms with van der Waals surface area (Å²) in [6.45, 7) is 1.85. The number of halogens is 1. The average Bonchev–Trinajstić information content (AvgIpc) is 2.89. The fourth-order valence-corrected chi connectivity index (χ4v) is 2.44. The van der Waals surface area contributed by atoms with Gasteiger partial charge in [-0.3, -0.25) is 4.79 Å². The number of nitrogens with zero attached hydrogens (tertiary/aromatic N) is 2. The summed E-state index contributed by atoms with van der Waals surface area (Å²) >= 11 is 0. The molecule has 1 aromatic heterocycles. The number of carbonyl (C=O) groups is 1. The highest BCUT2D eigenvalue weighted by atomic mass is 19.1. The molecule has 1 fully saturated rings. The minimum absolute atomic E-state index is 0.0539. The average molecular weight is 267 g/mol. The van der Waals surface area contributed by atoms with Gasteiger partial charge in [-0.15, -0.1) is 0 Å². The van der Waals surface area contributed by atoms with Crippen LogP contribution in [0.3, 0.4) is 0 Å². The Bertz CT molecular complexity index is 467. The predicted molar refractivity (Wildman–Crippen MR) is 68.1 cm³/mol. The van der Waals surface area contributed by atoms with Crippen LogP contribution in [0.15, 0.2) is 6.33 Å². The first-order valence-corrected chi connectivity index (χ1v) is 6.49. The van der Waals surface area contributed by atoms with Crippen LogP contribution in [0.4, 0.5) is 10.2 Å². The topological polar surface area (TPSA) is 64.1 Å². The number of hydrogen-bond acceptors (Lipinski definition) is 5. The van der Waals surface area contributed by atoms with Crippen LogP contribution in [0.5, 0.6) is 0 Å². The van der Waals surface area contributed by atoms with Crippen molar-refractivity contribution in [1.82, 2.24) is 9.97 Å². The largest absolute Gasteiger partial charge is 0.469 e. The molecule has 19 heavy (non-hydrogen) atoms. The van der Waals surface area contributed by atoms with Crippen molar-refractivity contribution < 1.29 is 13.9 Å². The first kappa shape index (κ1) is 13.7. The summed E-state index contributed by atoms with van der Waals surface area (Å²) in [5.74, 6) is -0.464. The molecule has 104 valence electrons. The molecular formula is C13H18FN3O2. The van der Waals surface area contributed by atoms with Gasteiger partial charge in [-0.05, 0) is 25.7 Å². The quantitative estimate of drug-likeness (QED) is 0.844. The summed E-state index contributed by atoms with van der Waals surface area (Å²) < 4.78 is 18.7. The summed E-state index contributed by atoms with van der Waals surface area (Å²) in [6.07, 6.45) is 4.11. The molecule has 1 aliphatic rings. The van der Waals surface area contributed by atoms with Gasteiger partial charge in [-0.2, -0.15) is 0 Å². The van der Waals surface area contributed by atoms with Crippen LogP contribution in [0.1, 0.15) is 31.9 Å². The Labute approximate surface area is 111 Å². The molecule has 1 aliphatic carbocycles. The minimum atomic E-state index is -0.397. The number of hydrogen-bond donors (Lipinski definition) is 1. The second-order valence-electron chi connectivity index (χ2n) is 4.71. The highest BCUT2D eigenvalue weighted by Crippen LogP contribution is 2.29. The predicted octanol–water partition coefficient (Wildman–Crippen LogP) is 1.93. The molecule has 1 aromatic rings. The number of aromatic nitrogens is 2. The standard InChI is InChI=1S/C13H18FN3O2/c1-3-10-11(14)12(16-7-15-10)17-9-5-4-8(6-9)13(18)19-2/h7-9H,3-6H2,1-2H3,(H,15,16,17)/t8-,9+/m0/s1. The minimum Gasteiger partial charge on any atom is -0.469 e. The van der Waals surface area contributed by atoms with Crippen molar-refractivity contribution in [1.29, 1.82) is 0 Å². The lowest BCUT2D eigenvalue weighted by molar-refractivity contribution is -0.145. The lowest BCUT2D eigenvalue weighted by atomic mass is 10.1. The molecule has 0 saturated heterocycles. The van der Waals surface area contributed by atoms with Crippen molar-refractivity contribution in [2.75, 3.05) is 12.4 Å². The Morgan fingerprint density at radius 2 is 2.32 bits per heavy atom. The van der Waals surface area contributed by atoms with Gasteiger partial charge in [0.2, 0.25) is 0 Å². The number of nitrogens with one attached hydrogen (secondary N) is 1. The molecule has 5 nitrogen and oxygen atoms in total. The molecule has 0 amide bonds.